The lowest BCUT2D eigenvalue weighted by atomic mass is 10.1. The molecule has 2 aromatic carbocycles. The molecular weight excluding hydrogens is 343 g/mol. The van der Waals surface area contributed by atoms with Crippen LogP contribution in [0, 0.1) is 11.7 Å². The van der Waals surface area contributed by atoms with E-state index in [0.717, 1.165) is 25.0 Å². The third-order valence-electron chi connectivity index (χ3n) is 4.21. The van der Waals surface area contributed by atoms with Crippen molar-refractivity contribution in [3.63, 3.8) is 0 Å². The van der Waals surface area contributed by atoms with Crippen molar-refractivity contribution >= 4 is 21.6 Å². The zero-order chi connectivity index (χ0) is 18.0. The van der Waals surface area contributed by atoms with Gasteiger partial charge in [-0.25, -0.2) is 12.8 Å². The van der Waals surface area contributed by atoms with Gasteiger partial charge >= 0.3 is 0 Å². The minimum absolute atomic E-state index is 0.0334. The molecule has 0 bridgehead atoms. The summed E-state index contributed by atoms with van der Waals surface area (Å²) < 4.78 is 39.8. The number of carbonyl (C=O) groups excluding carboxylic acids is 1. The highest BCUT2D eigenvalue weighted by Gasteiger charge is 2.29. The minimum atomic E-state index is -3.80. The van der Waals surface area contributed by atoms with Crippen molar-refractivity contribution in [3.8, 4) is 0 Å². The minimum Gasteiger partial charge on any atom is -0.349 e. The van der Waals surface area contributed by atoms with Crippen LogP contribution in [-0.2, 0) is 10.0 Å². The first-order valence-corrected chi connectivity index (χ1v) is 9.53. The van der Waals surface area contributed by atoms with E-state index in [0.29, 0.717) is 17.2 Å². The number of sulfonamides is 1. The van der Waals surface area contributed by atoms with Gasteiger partial charge in [0.05, 0.1) is 4.90 Å². The highest BCUT2D eigenvalue weighted by molar-refractivity contribution is 7.92. The molecule has 2 aromatic rings. The standard InChI is InChI=1S/C18H19FN2O3S/c1-12(13-2-3-13)20-18(22)14-4-8-16(9-5-14)21-25(23,24)17-10-6-15(19)7-11-17/h4-13,21H,2-3H2,1H3,(H,20,22). The predicted octanol–water partition coefficient (Wildman–Crippen LogP) is 3.15. The number of amides is 1. The van der Waals surface area contributed by atoms with Gasteiger partial charge in [-0.2, -0.15) is 0 Å². The van der Waals surface area contributed by atoms with Crippen LogP contribution in [0.1, 0.15) is 30.1 Å². The number of hydrogen-bond acceptors (Lipinski definition) is 3. The van der Waals surface area contributed by atoms with Crippen LogP contribution in [0.2, 0.25) is 0 Å². The molecular formula is C18H19FN2O3S. The summed E-state index contributed by atoms with van der Waals surface area (Å²) in [6.45, 7) is 1.99. The lowest BCUT2D eigenvalue weighted by Crippen LogP contribution is -2.33. The Kier molecular flexibility index (Phi) is 4.76. The maximum Gasteiger partial charge on any atom is 0.261 e. The van der Waals surface area contributed by atoms with Crippen molar-refractivity contribution in [1.29, 1.82) is 0 Å². The van der Waals surface area contributed by atoms with Crippen molar-refractivity contribution in [2.75, 3.05) is 4.72 Å². The lowest BCUT2D eigenvalue weighted by Gasteiger charge is -2.13. The lowest BCUT2D eigenvalue weighted by molar-refractivity contribution is 0.0936. The molecule has 0 saturated heterocycles. The molecule has 7 heteroatoms. The SMILES string of the molecule is CC(NC(=O)c1ccc(NS(=O)(=O)c2ccc(F)cc2)cc1)C1CC1. The van der Waals surface area contributed by atoms with E-state index in [1.165, 1.54) is 24.3 Å². The van der Waals surface area contributed by atoms with E-state index in [1.54, 1.807) is 12.1 Å². The van der Waals surface area contributed by atoms with Gasteiger partial charge < -0.3 is 5.32 Å². The molecule has 0 radical (unpaired) electrons. The number of benzene rings is 2. The number of halogens is 1. The maximum absolute atomic E-state index is 12.9. The Morgan fingerprint density at radius 3 is 2.24 bits per heavy atom. The van der Waals surface area contributed by atoms with Gasteiger partial charge in [0, 0.05) is 17.3 Å². The summed E-state index contributed by atoms with van der Waals surface area (Å²) in [6, 6.07) is 10.9. The Balaban J connectivity index is 1.67. The van der Waals surface area contributed by atoms with Gasteiger partial charge in [0.1, 0.15) is 5.82 Å². The second-order valence-electron chi connectivity index (χ2n) is 6.24. The molecule has 0 spiro atoms. The molecule has 3 rings (SSSR count). The van der Waals surface area contributed by atoms with Gasteiger partial charge in [0.2, 0.25) is 0 Å². The van der Waals surface area contributed by atoms with E-state index in [4.69, 9.17) is 0 Å². The van der Waals surface area contributed by atoms with Gasteiger partial charge in [0.25, 0.3) is 15.9 Å². The van der Waals surface area contributed by atoms with E-state index in [-0.39, 0.29) is 16.8 Å². The van der Waals surface area contributed by atoms with E-state index >= 15 is 0 Å². The third kappa shape index (κ3) is 4.36. The van der Waals surface area contributed by atoms with Crippen LogP contribution in [-0.4, -0.2) is 20.4 Å². The zero-order valence-electron chi connectivity index (χ0n) is 13.7. The summed E-state index contributed by atoms with van der Waals surface area (Å²) in [7, 11) is -3.80. The van der Waals surface area contributed by atoms with Crippen LogP contribution < -0.4 is 10.0 Å². The fraction of sp³-hybridized carbons (Fsp3) is 0.278. The highest BCUT2D eigenvalue weighted by Crippen LogP contribution is 2.32. The summed E-state index contributed by atoms with van der Waals surface area (Å²) in [5.74, 6) is -0.118. The molecule has 5 nitrogen and oxygen atoms in total. The highest BCUT2D eigenvalue weighted by atomic mass is 32.2. The first-order valence-electron chi connectivity index (χ1n) is 8.04. The Hall–Kier alpha value is -2.41. The second-order valence-corrected chi connectivity index (χ2v) is 7.92. The van der Waals surface area contributed by atoms with Crippen molar-refractivity contribution in [2.45, 2.75) is 30.7 Å². The average molecular weight is 362 g/mol. The zero-order valence-corrected chi connectivity index (χ0v) is 14.5. The van der Waals surface area contributed by atoms with Gasteiger partial charge in [-0.05, 0) is 74.2 Å². The predicted molar refractivity (Wildman–Crippen MR) is 93.3 cm³/mol. The number of hydrogen-bond donors (Lipinski definition) is 2. The number of anilines is 1. The monoisotopic (exact) mass is 362 g/mol. The molecule has 1 aliphatic carbocycles. The van der Waals surface area contributed by atoms with Crippen LogP contribution in [0.25, 0.3) is 0 Å². The molecule has 0 heterocycles. The Bertz CT molecular complexity index is 860. The quantitative estimate of drug-likeness (QED) is 0.829. The topological polar surface area (TPSA) is 75.3 Å². The van der Waals surface area contributed by atoms with E-state index < -0.39 is 15.8 Å². The molecule has 1 aliphatic rings. The van der Waals surface area contributed by atoms with Crippen LogP contribution in [0.3, 0.4) is 0 Å². The van der Waals surface area contributed by atoms with Gasteiger partial charge in [-0.15, -0.1) is 0 Å². The second kappa shape index (κ2) is 6.84. The first-order chi connectivity index (χ1) is 11.8. The summed E-state index contributed by atoms with van der Waals surface area (Å²) in [5, 5.41) is 2.94. The van der Waals surface area contributed by atoms with Gasteiger partial charge in [-0.3, -0.25) is 9.52 Å². The molecule has 1 atom stereocenters. The fourth-order valence-corrected chi connectivity index (χ4v) is 3.58. The molecule has 1 fully saturated rings. The number of rotatable bonds is 6. The van der Waals surface area contributed by atoms with Gasteiger partial charge in [-0.1, -0.05) is 0 Å². The van der Waals surface area contributed by atoms with Crippen molar-refractivity contribution in [3.05, 3.63) is 59.9 Å². The number of nitrogens with one attached hydrogen (secondary N) is 2. The van der Waals surface area contributed by atoms with Crippen LogP contribution in [0.15, 0.2) is 53.4 Å². The van der Waals surface area contributed by atoms with E-state index in [1.807, 2.05) is 6.92 Å². The Labute approximate surface area is 146 Å². The molecule has 1 amide bonds. The summed E-state index contributed by atoms with van der Waals surface area (Å²) in [4.78, 5) is 12.1. The molecule has 0 aliphatic heterocycles. The molecule has 2 N–H and O–H groups in total. The van der Waals surface area contributed by atoms with Crippen molar-refractivity contribution < 1.29 is 17.6 Å². The van der Waals surface area contributed by atoms with E-state index in [9.17, 15) is 17.6 Å². The van der Waals surface area contributed by atoms with Crippen LogP contribution >= 0.6 is 0 Å². The Morgan fingerprint density at radius 2 is 1.68 bits per heavy atom. The fourth-order valence-electron chi connectivity index (χ4n) is 2.52. The van der Waals surface area contributed by atoms with Gasteiger partial charge in [0.15, 0.2) is 0 Å². The van der Waals surface area contributed by atoms with Crippen LogP contribution in [0.4, 0.5) is 10.1 Å². The number of carbonyl (C=O) groups is 1. The summed E-state index contributed by atoms with van der Waals surface area (Å²) >= 11 is 0. The molecule has 25 heavy (non-hydrogen) atoms. The molecule has 1 unspecified atom stereocenters. The Morgan fingerprint density at radius 1 is 1.08 bits per heavy atom. The molecule has 0 aromatic heterocycles. The maximum atomic E-state index is 12.9. The molecule has 1 saturated carbocycles. The summed E-state index contributed by atoms with van der Waals surface area (Å²) in [5.41, 5.74) is 0.799. The van der Waals surface area contributed by atoms with Crippen LogP contribution in [0.5, 0.6) is 0 Å². The average Bonchev–Trinajstić information content (AvgIpc) is 3.40. The third-order valence-corrected chi connectivity index (χ3v) is 5.61. The smallest absolute Gasteiger partial charge is 0.261 e. The summed E-state index contributed by atoms with van der Waals surface area (Å²) in [6.07, 6.45) is 2.29. The molecule has 132 valence electrons. The van der Waals surface area contributed by atoms with E-state index in [2.05, 4.69) is 10.0 Å². The first kappa shape index (κ1) is 17.4. The normalized spacial score (nSPS) is 15.4. The van der Waals surface area contributed by atoms with Crippen molar-refractivity contribution in [1.82, 2.24) is 5.32 Å². The van der Waals surface area contributed by atoms with Crippen molar-refractivity contribution in [2.24, 2.45) is 5.92 Å². The largest absolute Gasteiger partial charge is 0.349 e.